The van der Waals surface area contributed by atoms with Gasteiger partial charge < -0.3 is 0 Å². The molecule has 0 amide bonds. The van der Waals surface area contributed by atoms with Gasteiger partial charge in [0, 0.05) is 0 Å². The topological polar surface area (TPSA) is 0 Å². The highest BCUT2D eigenvalue weighted by Crippen LogP contribution is 2.32. The van der Waals surface area contributed by atoms with Gasteiger partial charge in [-0.15, -0.1) is 0 Å². The molecule has 0 aromatic heterocycles. The van der Waals surface area contributed by atoms with Gasteiger partial charge >= 0.3 is 0 Å². The predicted octanol–water partition coefficient (Wildman–Crippen LogP) is 3.13. The second-order valence-electron chi connectivity index (χ2n) is 1.20. The molecule has 0 nitrogen and oxygen atoms in total. The van der Waals surface area contributed by atoms with E-state index in [0.29, 0.717) is 0 Å². The largest absolute Gasteiger partial charge is 0.230 e. The average molecular weight is 317 g/mol. The molecule has 0 aliphatic rings. The number of rotatable bonds is 2. The molecular weight excluding hydrogens is 314 g/mol. The minimum Gasteiger partial charge on any atom is -0.230 e. The summed E-state index contributed by atoms with van der Waals surface area (Å²) in [6, 6.07) is 0. The third-order valence-corrected chi connectivity index (χ3v) is 4.09. The minimum atomic E-state index is -1.98. The van der Waals surface area contributed by atoms with Crippen LogP contribution >= 0.6 is 47.8 Å². The number of hydrogen-bond acceptors (Lipinski definition) is 0. The van der Waals surface area contributed by atoms with Crippen LogP contribution in [-0.2, 0) is 0 Å². The van der Waals surface area contributed by atoms with Crippen molar-refractivity contribution in [2.75, 3.05) is 5.33 Å². The highest BCUT2D eigenvalue weighted by molar-refractivity contribution is 9.13. The summed E-state index contributed by atoms with van der Waals surface area (Å²) in [4.78, 5) is 0. The van der Waals surface area contributed by atoms with E-state index in [0.717, 1.165) is 0 Å². The van der Waals surface area contributed by atoms with Gasteiger partial charge in [-0.05, 0) is 31.9 Å². The minimum absolute atomic E-state index is 0.0770. The molecule has 50 valence electrons. The van der Waals surface area contributed by atoms with E-state index in [1.54, 1.807) is 0 Å². The number of hydrogen-bond donors (Lipinski definition) is 0. The third-order valence-electron chi connectivity index (χ3n) is 0.497. The Hall–Kier alpha value is 1.30. The Morgan fingerprint density at radius 2 is 2.00 bits per heavy atom. The molecule has 0 bridgehead atoms. The van der Waals surface area contributed by atoms with Gasteiger partial charge in [0.2, 0.25) is 4.58 Å². The smallest absolute Gasteiger partial charge is 0.215 e. The Bertz CT molecular complexity index is 72.9. The summed E-state index contributed by atoms with van der Waals surface area (Å²) in [5, 5.41) is -1.75. The van der Waals surface area contributed by atoms with Gasteiger partial charge in [-0.25, -0.2) is 8.78 Å². The number of halogens is 5. The highest BCUT2D eigenvalue weighted by Gasteiger charge is 2.33. The van der Waals surface area contributed by atoms with Crippen molar-refractivity contribution in [1.29, 1.82) is 0 Å². The maximum absolute atomic E-state index is 12.4. The van der Waals surface area contributed by atoms with Crippen LogP contribution in [0.15, 0.2) is 0 Å². The lowest BCUT2D eigenvalue weighted by atomic mass is 10.5. The summed E-state index contributed by atoms with van der Waals surface area (Å²) in [6.45, 7) is 0. The zero-order valence-electron chi connectivity index (χ0n) is 3.67. The SMILES string of the molecule is FC(Br)C(F)(Br)CBr. The predicted molar refractivity (Wildman–Crippen MR) is 40.4 cm³/mol. The van der Waals surface area contributed by atoms with Gasteiger partial charge in [0.1, 0.15) is 0 Å². The standard InChI is InChI=1S/C3H3Br3F2/c4-1-3(6,8)2(5)7/h2H,1H2. The van der Waals surface area contributed by atoms with E-state index >= 15 is 0 Å². The Balaban J connectivity index is 3.71. The first kappa shape index (κ1) is 9.30. The van der Waals surface area contributed by atoms with Crippen LogP contribution in [0, 0.1) is 0 Å². The Kier molecular flexibility index (Phi) is 4.03. The van der Waals surface area contributed by atoms with Crippen LogP contribution in [0.3, 0.4) is 0 Å². The summed E-state index contributed by atoms with van der Waals surface area (Å²) in [7, 11) is 0. The maximum Gasteiger partial charge on any atom is 0.215 e. The molecule has 2 unspecified atom stereocenters. The van der Waals surface area contributed by atoms with Gasteiger partial charge in [-0.2, -0.15) is 0 Å². The van der Waals surface area contributed by atoms with Crippen LogP contribution in [0.5, 0.6) is 0 Å². The third kappa shape index (κ3) is 2.73. The van der Waals surface area contributed by atoms with Crippen molar-refractivity contribution in [3.05, 3.63) is 0 Å². The van der Waals surface area contributed by atoms with Crippen LogP contribution < -0.4 is 0 Å². The molecule has 0 rings (SSSR count). The van der Waals surface area contributed by atoms with E-state index in [4.69, 9.17) is 0 Å². The Labute approximate surface area is 71.4 Å². The van der Waals surface area contributed by atoms with Crippen molar-refractivity contribution in [1.82, 2.24) is 0 Å². The lowest BCUT2D eigenvalue weighted by Crippen LogP contribution is -2.24. The molecule has 0 heterocycles. The molecule has 0 aromatic carbocycles. The monoisotopic (exact) mass is 314 g/mol. The van der Waals surface area contributed by atoms with Crippen molar-refractivity contribution >= 4 is 47.8 Å². The second-order valence-corrected chi connectivity index (χ2v) is 3.88. The lowest BCUT2D eigenvalue weighted by molar-refractivity contribution is 0.238. The summed E-state index contributed by atoms with van der Waals surface area (Å²) in [6.07, 6.45) is 0. The molecule has 0 saturated carbocycles. The lowest BCUT2D eigenvalue weighted by Gasteiger charge is -2.13. The fourth-order valence-corrected chi connectivity index (χ4v) is 0.939. The zero-order chi connectivity index (χ0) is 6.78. The summed E-state index contributed by atoms with van der Waals surface area (Å²) >= 11 is 7.73. The molecule has 0 N–H and O–H groups in total. The van der Waals surface area contributed by atoms with Gasteiger partial charge in [-0.1, -0.05) is 15.9 Å². The molecular formula is C3H3Br3F2. The van der Waals surface area contributed by atoms with E-state index in [1.165, 1.54) is 0 Å². The molecule has 0 spiro atoms. The fraction of sp³-hybridized carbons (Fsp3) is 1.00. The molecule has 0 aliphatic heterocycles. The molecule has 0 aliphatic carbocycles. The maximum atomic E-state index is 12.4. The average Bonchev–Trinajstić information content (AvgIpc) is 1.67. The molecule has 0 fully saturated rings. The molecule has 0 aromatic rings. The summed E-state index contributed by atoms with van der Waals surface area (Å²) in [5.41, 5.74) is 0. The van der Waals surface area contributed by atoms with Crippen LogP contribution in [0.2, 0.25) is 0 Å². The van der Waals surface area contributed by atoms with Gasteiger partial charge in [0.05, 0.1) is 5.33 Å². The van der Waals surface area contributed by atoms with E-state index in [1.807, 2.05) is 0 Å². The quantitative estimate of drug-likeness (QED) is 0.687. The van der Waals surface area contributed by atoms with Crippen LogP contribution in [0.25, 0.3) is 0 Å². The van der Waals surface area contributed by atoms with Crippen LogP contribution in [-0.4, -0.2) is 15.0 Å². The first-order valence-corrected chi connectivity index (χ1v) is 4.55. The van der Waals surface area contributed by atoms with E-state index in [-0.39, 0.29) is 5.33 Å². The van der Waals surface area contributed by atoms with Crippen LogP contribution in [0.1, 0.15) is 0 Å². The van der Waals surface area contributed by atoms with Crippen molar-refractivity contribution in [3.8, 4) is 0 Å². The summed E-state index contributed by atoms with van der Waals surface area (Å²) in [5.74, 6) is 0. The number of alkyl halides is 5. The first-order valence-electron chi connectivity index (χ1n) is 1.72. The Morgan fingerprint density at radius 3 is 2.00 bits per heavy atom. The van der Waals surface area contributed by atoms with E-state index < -0.39 is 9.66 Å². The van der Waals surface area contributed by atoms with Crippen molar-refractivity contribution < 1.29 is 8.78 Å². The van der Waals surface area contributed by atoms with E-state index in [2.05, 4.69) is 47.8 Å². The normalized spacial score (nSPS) is 22.1. The fourth-order valence-electron chi connectivity index (χ4n) is 0.0583. The molecule has 0 radical (unpaired) electrons. The molecule has 8 heavy (non-hydrogen) atoms. The Morgan fingerprint density at radius 1 is 1.62 bits per heavy atom. The highest BCUT2D eigenvalue weighted by atomic mass is 79.9. The van der Waals surface area contributed by atoms with Gasteiger partial charge in [-0.3, -0.25) is 0 Å². The first-order chi connectivity index (χ1) is 3.50. The second kappa shape index (κ2) is 3.46. The van der Waals surface area contributed by atoms with E-state index in [9.17, 15) is 8.78 Å². The van der Waals surface area contributed by atoms with Gasteiger partial charge in [0.25, 0.3) is 0 Å². The summed E-state index contributed by atoms with van der Waals surface area (Å²) < 4.78 is 22.4. The van der Waals surface area contributed by atoms with Gasteiger partial charge in [0.15, 0.2) is 5.08 Å². The molecule has 0 saturated heterocycles. The zero-order valence-corrected chi connectivity index (χ0v) is 8.43. The van der Waals surface area contributed by atoms with Crippen LogP contribution in [0.4, 0.5) is 8.78 Å². The molecule has 5 heteroatoms. The molecule has 2 atom stereocenters. The van der Waals surface area contributed by atoms with Crippen molar-refractivity contribution in [2.45, 2.75) is 9.66 Å². The van der Waals surface area contributed by atoms with Crippen molar-refractivity contribution in [3.63, 3.8) is 0 Å². The van der Waals surface area contributed by atoms with Crippen molar-refractivity contribution in [2.24, 2.45) is 0 Å².